The van der Waals surface area contributed by atoms with Crippen molar-refractivity contribution in [1.29, 1.82) is 0 Å². The van der Waals surface area contributed by atoms with Crippen LogP contribution in [0.1, 0.15) is 56.8 Å². The van der Waals surface area contributed by atoms with Gasteiger partial charge in [0.2, 0.25) is 0 Å². The normalized spacial score (nSPS) is 33.3. The molecule has 1 unspecified atom stereocenters. The maximum absolute atomic E-state index is 11.6. The van der Waals surface area contributed by atoms with Crippen molar-refractivity contribution >= 4 is 0 Å². The number of hydrogen-bond donors (Lipinski definition) is 2. The van der Waals surface area contributed by atoms with E-state index in [1.807, 2.05) is 12.1 Å². The molecule has 0 amide bonds. The molecule has 2 N–H and O–H groups in total. The maximum Gasteiger partial charge on any atom is 0.0734 e. The lowest BCUT2D eigenvalue weighted by atomic mass is 9.64. The first-order valence-electron chi connectivity index (χ1n) is 9.16. The Morgan fingerprint density at radius 1 is 0.833 bits per heavy atom. The highest BCUT2D eigenvalue weighted by Crippen LogP contribution is 2.48. The van der Waals surface area contributed by atoms with Crippen LogP contribution in [0.2, 0.25) is 0 Å². The van der Waals surface area contributed by atoms with Crippen LogP contribution in [0.15, 0.2) is 60.7 Å². The van der Waals surface area contributed by atoms with Crippen molar-refractivity contribution in [3.8, 4) is 0 Å². The van der Waals surface area contributed by atoms with E-state index in [2.05, 4.69) is 74.6 Å². The third-order valence-electron chi connectivity index (χ3n) is 5.90. The zero-order valence-corrected chi connectivity index (χ0v) is 14.9. The molecule has 2 aromatic carbocycles. The molecule has 0 radical (unpaired) electrons. The molecule has 1 fully saturated rings. The Kier molecular flexibility index (Phi) is 5.07. The number of hydrogen-bond acceptors (Lipinski definition) is 2. The van der Waals surface area contributed by atoms with Crippen molar-refractivity contribution in [3.63, 3.8) is 0 Å². The number of aliphatic hydroxyl groups is 1. The van der Waals surface area contributed by atoms with Gasteiger partial charge in [-0.25, -0.2) is 0 Å². The summed E-state index contributed by atoms with van der Waals surface area (Å²) in [5.41, 5.74) is 1.85. The van der Waals surface area contributed by atoms with Crippen LogP contribution in [0.5, 0.6) is 0 Å². The first-order valence-corrected chi connectivity index (χ1v) is 9.16. The molecule has 2 heteroatoms. The summed E-state index contributed by atoms with van der Waals surface area (Å²) in [5.74, 6) is 0.324. The van der Waals surface area contributed by atoms with E-state index in [0.29, 0.717) is 0 Å². The monoisotopic (exact) mass is 323 g/mol. The molecule has 0 saturated carbocycles. The minimum absolute atomic E-state index is 0.157. The van der Waals surface area contributed by atoms with Crippen molar-refractivity contribution in [1.82, 2.24) is 5.32 Å². The SMILES string of the molecule is CCCC1(O)[C@H](C)[C@@H](c2ccccc2)N[C@@H](c2ccccc2)[C@@H]1C. The summed E-state index contributed by atoms with van der Waals surface area (Å²) in [5, 5.41) is 15.5. The van der Waals surface area contributed by atoms with E-state index in [1.54, 1.807) is 0 Å². The highest BCUT2D eigenvalue weighted by atomic mass is 16.3. The van der Waals surface area contributed by atoms with Crippen LogP contribution >= 0.6 is 0 Å². The fourth-order valence-corrected chi connectivity index (χ4v) is 4.42. The number of piperidine rings is 1. The predicted molar refractivity (Wildman–Crippen MR) is 99.7 cm³/mol. The minimum Gasteiger partial charge on any atom is -0.389 e. The zero-order chi connectivity index (χ0) is 17.2. The van der Waals surface area contributed by atoms with Crippen LogP contribution in [-0.2, 0) is 0 Å². The average Bonchev–Trinajstić information content (AvgIpc) is 2.62. The van der Waals surface area contributed by atoms with Crippen molar-refractivity contribution in [2.45, 2.75) is 51.3 Å². The average molecular weight is 323 g/mol. The lowest BCUT2D eigenvalue weighted by Gasteiger charge is -2.52. The first-order chi connectivity index (χ1) is 11.6. The highest BCUT2D eigenvalue weighted by Gasteiger charge is 2.50. The van der Waals surface area contributed by atoms with Crippen molar-refractivity contribution < 1.29 is 5.11 Å². The smallest absolute Gasteiger partial charge is 0.0734 e. The Balaban J connectivity index is 2.02. The summed E-state index contributed by atoms with van der Waals surface area (Å²) >= 11 is 0. The van der Waals surface area contributed by atoms with Gasteiger partial charge in [-0.15, -0.1) is 0 Å². The summed E-state index contributed by atoms with van der Waals surface area (Å²) < 4.78 is 0. The van der Waals surface area contributed by atoms with E-state index in [4.69, 9.17) is 0 Å². The second-order valence-corrected chi connectivity index (χ2v) is 7.26. The van der Waals surface area contributed by atoms with E-state index < -0.39 is 5.60 Å². The van der Waals surface area contributed by atoms with Gasteiger partial charge in [-0.05, 0) is 17.5 Å². The maximum atomic E-state index is 11.6. The molecule has 1 aliphatic rings. The molecule has 0 bridgehead atoms. The van der Waals surface area contributed by atoms with Crippen molar-refractivity contribution in [2.75, 3.05) is 0 Å². The van der Waals surface area contributed by atoms with Gasteiger partial charge in [-0.3, -0.25) is 0 Å². The summed E-state index contributed by atoms with van der Waals surface area (Å²) in [6, 6.07) is 21.4. The highest BCUT2D eigenvalue weighted by molar-refractivity contribution is 5.27. The molecule has 0 aliphatic carbocycles. The summed E-state index contributed by atoms with van der Waals surface area (Å²) in [6.07, 6.45) is 1.83. The lowest BCUT2D eigenvalue weighted by molar-refractivity contribution is -0.116. The Hall–Kier alpha value is -1.64. The summed E-state index contributed by atoms with van der Waals surface area (Å²) in [6.45, 7) is 6.55. The van der Waals surface area contributed by atoms with Crippen LogP contribution in [0.4, 0.5) is 0 Å². The molecule has 3 rings (SSSR count). The van der Waals surface area contributed by atoms with E-state index >= 15 is 0 Å². The standard InChI is InChI=1S/C22H29NO/c1-4-15-22(24)16(2)20(18-11-7-5-8-12-18)23-21(17(22)3)19-13-9-6-10-14-19/h5-14,16-17,20-21,23-24H,4,15H2,1-3H3/t16-,17+,20+,21-,22?. The second kappa shape index (κ2) is 7.08. The Bertz CT molecular complexity index is 588. The van der Waals surface area contributed by atoms with Gasteiger partial charge in [0, 0.05) is 23.9 Å². The molecule has 5 atom stereocenters. The third-order valence-corrected chi connectivity index (χ3v) is 5.90. The molecule has 128 valence electrons. The fourth-order valence-electron chi connectivity index (χ4n) is 4.42. The molecule has 2 nitrogen and oxygen atoms in total. The Morgan fingerprint density at radius 2 is 1.25 bits per heavy atom. The molecule has 0 spiro atoms. The number of benzene rings is 2. The van der Waals surface area contributed by atoms with E-state index in [0.717, 1.165) is 12.8 Å². The van der Waals surface area contributed by atoms with E-state index in [-0.39, 0.29) is 23.9 Å². The quantitative estimate of drug-likeness (QED) is 0.841. The lowest BCUT2D eigenvalue weighted by Crippen LogP contribution is -2.57. The van der Waals surface area contributed by atoms with E-state index in [1.165, 1.54) is 11.1 Å². The van der Waals surface area contributed by atoms with Gasteiger partial charge in [0.15, 0.2) is 0 Å². The third kappa shape index (κ3) is 3.01. The van der Waals surface area contributed by atoms with E-state index in [9.17, 15) is 5.11 Å². The van der Waals surface area contributed by atoms with Crippen LogP contribution in [0.3, 0.4) is 0 Å². The summed E-state index contributed by atoms with van der Waals surface area (Å²) in [4.78, 5) is 0. The predicted octanol–water partition coefficient (Wildman–Crippen LogP) is 4.88. The fraction of sp³-hybridized carbons (Fsp3) is 0.455. The molecular formula is C22H29NO. The molecule has 1 saturated heterocycles. The van der Waals surface area contributed by atoms with Gasteiger partial charge in [0.1, 0.15) is 0 Å². The second-order valence-electron chi connectivity index (χ2n) is 7.26. The van der Waals surface area contributed by atoms with Gasteiger partial charge in [0.25, 0.3) is 0 Å². The number of nitrogens with one attached hydrogen (secondary N) is 1. The Labute approximate surface area is 145 Å². The first kappa shape index (κ1) is 17.2. The Morgan fingerprint density at radius 3 is 1.62 bits per heavy atom. The van der Waals surface area contributed by atoms with Crippen LogP contribution in [-0.4, -0.2) is 10.7 Å². The zero-order valence-electron chi connectivity index (χ0n) is 14.9. The summed E-state index contributed by atoms with van der Waals surface area (Å²) in [7, 11) is 0. The van der Waals surface area contributed by atoms with Gasteiger partial charge >= 0.3 is 0 Å². The van der Waals surface area contributed by atoms with Crippen molar-refractivity contribution in [3.05, 3.63) is 71.8 Å². The largest absolute Gasteiger partial charge is 0.389 e. The molecule has 1 aliphatic heterocycles. The molecule has 0 aromatic heterocycles. The topological polar surface area (TPSA) is 32.3 Å². The van der Waals surface area contributed by atoms with Crippen LogP contribution in [0.25, 0.3) is 0 Å². The minimum atomic E-state index is -0.666. The van der Waals surface area contributed by atoms with Crippen LogP contribution < -0.4 is 5.32 Å². The molecule has 1 heterocycles. The molecule has 2 aromatic rings. The van der Waals surface area contributed by atoms with Gasteiger partial charge in [0.05, 0.1) is 5.60 Å². The molecule has 24 heavy (non-hydrogen) atoms. The van der Waals surface area contributed by atoms with Gasteiger partial charge < -0.3 is 10.4 Å². The molecular weight excluding hydrogens is 294 g/mol. The van der Waals surface area contributed by atoms with Crippen LogP contribution in [0, 0.1) is 11.8 Å². The van der Waals surface area contributed by atoms with Gasteiger partial charge in [-0.1, -0.05) is 87.9 Å². The van der Waals surface area contributed by atoms with Crippen molar-refractivity contribution in [2.24, 2.45) is 11.8 Å². The number of rotatable bonds is 4. The van der Waals surface area contributed by atoms with Gasteiger partial charge in [-0.2, -0.15) is 0 Å².